The van der Waals surface area contributed by atoms with Gasteiger partial charge in [-0.25, -0.2) is 14.1 Å². The highest BCUT2D eigenvalue weighted by Crippen LogP contribution is 2.22. The van der Waals surface area contributed by atoms with E-state index in [1.165, 1.54) is 12.1 Å². The lowest BCUT2D eigenvalue weighted by molar-refractivity contribution is -0.131. The molecule has 1 aliphatic rings. The molecule has 0 bridgehead atoms. The van der Waals surface area contributed by atoms with Crippen LogP contribution in [-0.4, -0.2) is 62.6 Å². The molecule has 0 aliphatic carbocycles. The largest absolute Gasteiger partial charge is 0.339 e. The molecule has 2 heterocycles. The van der Waals surface area contributed by atoms with Crippen molar-refractivity contribution < 1.29 is 14.0 Å². The number of carbonyl (C=O) groups is 2. The van der Waals surface area contributed by atoms with Crippen LogP contribution < -0.4 is 0 Å². The van der Waals surface area contributed by atoms with E-state index in [4.69, 9.17) is 0 Å². The predicted molar refractivity (Wildman–Crippen MR) is 129 cm³/mol. The van der Waals surface area contributed by atoms with Gasteiger partial charge in [0.15, 0.2) is 5.82 Å². The van der Waals surface area contributed by atoms with E-state index in [-0.39, 0.29) is 29.9 Å². The van der Waals surface area contributed by atoms with Gasteiger partial charge in [-0.05, 0) is 29.8 Å². The summed E-state index contributed by atoms with van der Waals surface area (Å²) in [6.45, 7) is 1.65. The lowest BCUT2D eigenvalue weighted by Crippen LogP contribution is -2.51. The molecule has 3 aromatic carbocycles. The van der Waals surface area contributed by atoms with Gasteiger partial charge in [0.2, 0.25) is 11.7 Å². The molecule has 0 saturated carbocycles. The number of aromatic nitrogens is 3. The number of carbonyl (C=O) groups excluding carboxylic acids is 2. The van der Waals surface area contributed by atoms with Crippen LogP contribution in [0.2, 0.25) is 0 Å². The van der Waals surface area contributed by atoms with Crippen molar-refractivity contribution in [2.75, 3.05) is 26.2 Å². The van der Waals surface area contributed by atoms with Crippen molar-refractivity contribution in [1.82, 2.24) is 24.6 Å². The zero-order valence-corrected chi connectivity index (χ0v) is 19.0. The molecule has 176 valence electrons. The van der Waals surface area contributed by atoms with Crippen molar-refractivity contribution in [3.05, 3.63) is 102 Å². The van der Waals surface area contributed by atoms with Crippen LogP contribution in [0.3, 0.4) is 0 Å². The fraction of sp³-hybridized carbons (Fsp3) is 0.185. The lowest BCUT2D eigenvalue weighted by Gasteiger charge is -2.34. The predicted octanol–water partition coefficient (Wildman–Crippen LogP) is 3.60. The summed E-state index contributed by atoms with van der Waals surface area (Å²) in [5.41, 5.74) is 2.44. The molecule has 5 rings (SSSR count). The molecule has 0 radical (unpaired) electrons. The van der Waals surface area contributed by atoms with E-state index in [1.807, 2.05) is 60.7 Å². The molecule has 4 aromatic rings. The van der Waals surface area contributed by atoms with Crippen LogP contribution in [0.15, 0.2) is 84.9 Å². The van der Waals surface area contributed by atoms with Crippen LogP contribution >= 0.6 is 0 Å². The van der Waals surface area contributed by atoms with Gasteiger partial charge in [0, 0.05) is 31.7 Å². The Morgan fingerprint density at radius 1 is 0.771 bits per heavy atom. The van der Waals surface area contributed by atoms with Gasteiger partial charge in [0.1, 0.15) is 5.82 Å². The number of hydrogen-bond donors (Lipinski definition) is 0. The highest BCUT2D eigenvalue weighted by atomic mass is 19.1. The third kappa shape index (κ3) is 4.96. The molecule has 1 fully saturated rings. The Morgan fingerprint density at radius 2 is 1.37 bits per heavy atom. The maximum absolute atomic E-state index is 13.3. The first kappa shape index (κ1) is 22.5. The first-order valence-electron chi connectivity index (χ1n) is 11.5. The van der Waals surface area contributed by atoms with Gasteiger partial charge < -0.3 is 9.80 Å². The molecule has 0 unspecified atom stereocenters. The number of hydrogen-bond acceptors (Lipinski definition) is 4. The Balaban J connectivity index is 1.30. The summed E-state index contributed by atoms with van der Waals surface area (Å²) in [4.78, 5) is 34.0. The van der Waals surface area contributed by atoms with Crippen molar-refractivity contribution in [3.8, 4) is 17.1 Å². The van der Waals surface area contributed by atoms with Gasteiger partial charge in [-0.2, -0.15) is 0 Å². The molecule has 8 heteroatoms. The fourth-order valence-electron chi connectivity index (χ4n) is 4.12. The van der Waals surface area contributed by atoms with E-state index >= 15 is 0 Å². The normalized spacial score (nSPS) is 13.6. The van der Waals surface area contributed by atoms with Crippen LogP contribution in [0, 0.1) is 5.82 Å². The zero-order chi connectivity index (χ0) is 24.2. The van der Waals surface area contributed by atoms with Crippen LogP contribution in [0.25, 0.3) is 17.1 Å². The van der Waals surface area contributed by atoms with Gasteiger partial charge in [0.05, 0.1) is 12.1 Å². The third-order valence-electron chi connectivity index (χ3n) is 6.02. The average molecular weight is 470 g/mol. The van der Waals surface area contributed by atoms with Crippen LogP contribution in [-0.2, 0) is 11.2 Å². The minimum atomic E-state index is -0.327. The maximum atomic E-state index is 13.3. The molecule has 0 atom stereocenters. The molecule has 7 nitrogen and oxygen atoms in total. The highest BCUT2D eigenvalue weighted by molar-refractivity contribution is 5.91. The number of para-hydroxylation sites is 1. The van der Waals surface area contributed by atoms with Crippen molar-refractivity contribution in [2.24, 2.45) is 0 Å². The molecule has 35 heavy (non-hydrogen) atoms. The molecule has 1 aromatic heterocycles. The zero-order valence-electron chi connectivity index (χ0n) is 19.0. The van der Waals surface area contributed by atoms with Crippen molar-refractivity contribution >= 4 is 11.8 Å². The van der Waals surface area contributed by atoms with E-state index in [0.717, 1.165) is 16.8 Å². The Labute approximate surface area is 202 Å². The molecular formula is C27H24FN5O2. The van der Waals surface area contributed by atoms with Crippen LogP contribution in [0.5, 0.6) is 0 Å². The quantitative estimate of drug-likeness (QED) is 0.448. The fourth-order valence-corrected chi connectivity index (χ4v) is 4.12. The van der Waals surface area contributed by atoms with E-state index < -0.39 is 0 Å². The van der Waals surface area contributed by atoms with Gasteiger partial charge in [0.25, 0.3) is 5.91 Å². The Bertz CT molecular complexity index is 1260. The van der Waals surface area contributed by atoms with Gasteiger partial charge >= 0.3 is 0 Å². The van der Waals surface area contributed by atoms with Crippen molar-refractivity contribution in [2.45, 2.75) is 6.42 Å². The summed E-state index contributed by atoms with van der Waals surface area (Å²) >= 11 is 0. The molecular weight excluding hydrogens is 445 g/mol. The van der Waals surface area contributed by atoms with Gasteiger partial charge in [-0.15, -0.1) is 5.10 Å². The summed E-state index contributed by atoms with van der Waals surface area (Å²) in [7, 11) is 0. The van der Waals surface area contributed by atoms with Crippen molar-refractivity contribution in [3.63, 3.8) is 0 Å². The Hall–Kier alpha value is -4.33. The summed E-state index contributed by atoms with van der Waals surface area (Å²) < 4.78 is 14.8. The number of amides is 2. The number of rotatable bonds is 5. The SMILES string of the molecule is O=C(Cc1ccc(F)cc1)N1CCN(C(=O)c2nc(-c3ccccc3)n(-c3ccccc3)n2)CC1. The summed E-state index contributed by atoms with van der Waals surface area (Å²) in [6, 6.07) is 25.2. The second-order valence-corrected chi connectivity index (χ2v) is 8.35. The molecule has 1 aliphatic heterocycles. The van der Waals surface area contributed by atoms with E-state index in [9.17, 15) is 14.0 Å². The standard InChI is InChI=1S/C27H24FN5O2/c28-22-13-11-20(12-14-22)19-24(34)31-15-17-32(18-16-31)27(35)25-29-26(21-7-3-1-4-8-21)33(30-25)23-9-5-2-6-10-23/h1-14H,15-19H2. The van der Waals surface area contributed by atoms with E-state index in [1.54, 1.807) is 26.6 Å². The molecule has 0 spiro atoms. The van der Waals surface area contributed by atoms with Crippen LogP contribution in [0.4, 0.5) is 4.39 Å². The number of piperazine rings is 1. The van der Waals surface area contributed by atoms with Gasteiger partial charge in [-0.3, -0.25) is 9.59 Å². The Kier molecular flexibility index (Phi) is 6.34. The monoisotopic (exact) mass is 469 g/mol. The van der Waals surface area contributed by atoms with E-state index in [0.29, 0.717) is 32.0 Å². The number of nitrogens with zero attached hydrogens (tertiary/aromatic N) is 5. The topological polar surface area (TPSA) is 71.3 Å². The van der Waals surface area contributed by atoms with E-state index in [2.05, 4.69) is 10.1 Å². The lowest BCUT2D eigenvalue weighted by atomic mass is 10.1. The average Bonchev–Trinajstić information content (AvgIpc) is 3.36. The smallest absolute Gasteiger partial charge is 0.293 e. The second kappa shape index (κ2) is 9.89. The van der Waals surface area contributed by atoms with Crippen molar-refractivity contribution in [1.29, 1.82) is 0 Å². The first-order chi connectivity index (χ1) is 17.1. The summed E-state index contributed by atoms with van der Waals surface area (Å²) in [6.07, 6.45) is 0.206. The minimum absolute atomic E-state index is 0.0402. The maximum Gasteiger partial charge on any atom is 0.293 e. The Morgan fingerprint density at radius 3 is 2.03 bits per heavy atom. The number of halogens is 1. The molecule has 0 N–H and O–H groups in total. The first-order valence-corrected chi connectivity index (χ1v) is 11.5. The molecule has 1 saturated heterocycles. The summed E-state index contributed by atoms with van der Waals surface area (Å²) in [5, 5.41) is 4.55. The molecule has 2 amide bonds. The highest BCUT2D eigenvalue weighted by Gasteiger charge is 2.28. The minimum Gasteiger partial charge on any atom is -0.339 e. The summed E-state index contributed by atoms with van der Waals surface area (Å²) in [5.74, 6) is 0.0863. The van der Waals surface area contributed by atoms with Crippen LogP contribution in [0.1, 0.15) is 16.2 Å². The third-order valence-corrected chi connectivity index (χ3v) is 6.02. The number of benzene rings is 3. The van der Waals surface area contributed by atoms with Gasteiger partial charge in [-0.1, -0.05) is 60.7 Å². The second-order valence-electron chi connectivity index (χ2n) is 8.35.